The van der Waals surface area contributed by atoms with Gasteiger partial charge in [0.2, 0.25) is 0 Å². The summed E-state index contributed by atoms with van der Waals surface area (Å²) in [6.07, 6.45) is 7.01. The van der Waals surface area contributed by atoms with Crippen molar-refractivity contribution >= 4 is 16.7 Å². The van der Waals surface area contributed by atoms with Crippen molar-refractivity contribution in [2.45, 2.75) is 6.54 Å². The minimum atomic E-state index is -0.179. The van der Waals surface area contributed by atoms with Gasteiger partial charge in [-0.2, -0.15) is 0 Å². The number of aromatic nitrogens is 4. The van der Waals surface area contributed by atoms with Crippen molar-refractivity contribution in [1.82, 2.24) is 24.8 Å². The summed E-state index contributed by atoms with van der Waals surface area (Å²) in [5, 5.41) is 4.79. The Morgan fingerprint density at radius 2 is 1.81 bits per heavy atom. The highest BCUT2D eigenvalue weighted by Crippen LogP contribution is 2.16. The zero-order chi connectivity index (χ0) is 17.8. The normalized spacial score (nSPS) is 10.8. The third-order valence-corrected chi connectivity index (χ3v) is 4.14. The first-order valence-corrected chi connectivity index (χ1v) is 8.37. The van der Waals surface area contributed by atoms with Crippen molar-refractivity contribution in [3.8, 4) is 11.5 Å². The maximum Gasteiger partial charge on any atom is 0.270 e. The zero-order valence-corrected chi connectivity index (χ0v) is 14.0. The minimum Gasteiger partial charge on any atom is -0.349 e. The van der Waals surface area contributed by atoms with E-state index in [4.69, 9.17) is 0 Å². The molecule has 1 aromatic carbocycles. The van der Waals surface area contributed by atoms with Gasteiger partial charge in [-0.05, 0) is 23.6 Å². The number of carbonyl (C=O) groups excluding carboxylic acids is 1. The smallest absolute Gasteiger partial charge is 0.270 e. The predicted octanol–water partition coefficient (Wildman–Crippen LogP) is 2.92. The maximum atomic E-state index is 12.5. The fourth-order valence-corrected chi connectivity index (χ4v) is 2.89. The van der Waals surface area contributed by atoms with Crippen LogP contribution in [0.1, 0.15) is 10.5 Å². The van der Waals surface area contributed by atoms with E-state index >= 15 is 0 Å². The van der Waals surface area contributed by atoms with Gasteiger partial charge >= 0.3 is 0 Å². The molecule has 6 nitrogen and oxygen atoms in total. The summed E-state index contributed by atoms with van der Waals surface area (Å²) in [4.78, 5) is 25.5. The van der Waals surface area contributed by atoms with E-state index in [2.05, 4.69) is 20.3 Å². The number of rotatable bonds is 5. The largest absolute Gasteiger partial charge is 0.349 e. The van der Waals surface area contributed by atoms with Gasteiger partial charge in [-0.25, -0.2) is 4.98 Å². The number of imidazole rings is 1. The Kier molecular flexibility index (Phi) is 4.38. The molecule has 0 aliphatic heterocycles. The molecule has 3 heterocycles. The SMILES string of the molecule is O=C(NCCn1ccnc1-c1ccccn1)c1nccc2ccccc12. The second-order valence-electron chi connectivity index (χ2n) is 5.80. The van der Waals surface area contributed by atoms with Crippen LogP contribution in [0.2, 0.25) is 0 Å². The van der Waals surface area contributed by atoms with E-state index in [9.17, 15) is 4.79 Å². The molecule has 0 aliphatic carbocycles. The van der Waals surface area contributed by atoms with Crippen LogP contribution in [0.4, 0.5) is 0 Å². The number of nitrogens with zero attached hydrogens (tertiary/aromatic N) is 4. The topological polar surface area (TPSA) is 72.7 Å². The van der Waals surface area contributed by atoms with Crippen LogP contribution in [0.3, 0.4) is 0 Å². The fraction of sp³-hybridized carbons (Fsp3) is 0.100. The Bertz CT molecular complexity index is 1040. The third kappa shape index (κ3) is 3.17. The molecule has 0 spiro atoms. The molecule has 26 heavy (non-hydrogen) atoms. The molecule has 0 saturated heterocycles. The van der Waals surface area contributed by atoms with Crippen LogP contribution in [0.15, 0.2) is 73.3 Å². The number of carbonyl (C=O) groups is 1. The first kappa shape index (κ1) is 16.0. The molecule has 0 atom stereocenters. The van der Waals surface area contributed by atoms with Crippen molar-refractivity contribution in [2.24, 2.45) is 0 Å². The van der Waals surface area contributed by atoms with Gasteiger partial charge in [0.15, 0.2) is 5.82 Å². The van der Waals surface area contributed by atoms with Gasteiger partial charge in [0.05, 0.1) is 0 Å². The number of fused-ring (bicyclic) bond motifs is 1. The number of amides is 1. The van der Waals surface area contributed by atoms with Gasteiger partial charge in [0, 0.05) is 43.3 Å². The highest BCUT2D eigenvalue weighted by Gasteiger charge is 2.11. The van der Waals surface area contributed by atoms with E-state index in [0.29, 0.717) is 18.8 Å². The Balaban J connectivity index is 1.46. The van der Waals surface area contributed by atoms with E-state index in [1.165, 1.54) is 0 Å². The van der Waals surface area contributed by atoms with E-state index in [-0.39, 0.29) is 5.91 Å². The van der Waals surface area contributed by atoms with E-state index < -0.39 is 0 Å². The number of benzene rings is 1. The van der Waals surface area contributed by atoms with Gasteiger partial charge < -0.3 is 9.88 Å². The van der Waals surface area contributed by atoms with Crippen molar-refractivity contribution in [1.29, 1.82) is 0 Å². The number of nitrogens with one attached hydrogen (secondary N) is 1. The number of pyridine rings is 2. The summed E-state index contributed by atoms with van der Waals surface area (Å²) in [6.45, 7) is 1.07. The molecule has 4 aromatic rings. The van der Waals surface area contributed by atoms with Crippen molar-refractivity contribution < 1.29 is 4.79 Å². The lowest BCUT2D eigenvalue weighted by atomic mass is 10.1. The predicted molar refractivity (Wildman–Crippen MR) is 99.5 cm³/mol. The molecule has 3 aromatic heterocycles. The van der Waals surface area contributed by atoms with Gasteiger partial charge in [0.25, 0.3) is 5.91 Å². The van der Waals surface area contributed by atoms with Crippen molar-refractivity contribution in [3.05, 3.63) is 79.0 Å². The van der Waals surface area contributed by atoms with Crippen molar-refractivity contribution in [2.75, 3.05) is 6.54 Å². The number of hydrogen-bond acceptors (Lipinski definition) is 4. The molecular weight excluding hydrogens is 326 g/mol. The summed E-state index contributed by atoms with van der Waals surface area (Å²) < 4.78 is 1.97. The van der Waals surface area contributed by atoms with Gasteiger partial charge in [0.1, 0.15) is 11.4 Å². The lowest BCUT2D eigenvalue weighted by molar-refractivity contribution is 0.0949. The van der Waals surface area contributed by atoms with Crippen molar-refractivity contribution in [3.63, 3.8) is 0 Å². The van der Waals surface area contributed by atoms with E-state index in [0.717, 1.165) is 22.3 Å². The van der Waals surface area contributed by atoms with Crippen LogP contribution in [-0.4, -0.2) is 32.0 Å². The summed E-state index contributed by atoms with van der Waals surface area (Å²) in [7, 11) is 0. The minimum absolute atomic E-state index is 0.179. The third-order valence-electron chi connectivity index (χ3n) is 4.14. The molecule has 0 saturated carbocycles. The maximum absolute atomic E-state index is 12.5. The summed E-state index contributed by atoms with van der Waals surface area (Å²) in [5.41, 5.74) is 1.25. The van der Waals surface area contributed by atoms with E-state index in [1.54, 1.807) is 18.6 Å². The van der Waals surface area contributed by atoms with E-state index in [1.807, 2.05) is 59.3 Å². The molecule has 0 aliphatic rings. The Morgan fingerprint density at radius 3 is 2.69 bits per heavy atom. The summed E-state index contributed by atoms with van der Waals surface area (Å²) in [6, 6.07) is 15.3. The average Bonchev–Trinajstić information content (AvgIpc) is 3.16. The number of hydrogen-bond donors (Lipinski definition) is 1. The lowest BCUT2D eigenvalue weighted by Gasteiger charge is -2.09. The van der Waals surface area contributed by atoms with Crippen LogP contribution in [0.5, 0.6) is 0 Å². The van der Waals surface area contributed by atoms with Crippen LogP contribution in [0, 0.1) is 0 Å². The Morgan fingerprint density at radius 1 is 0.923 bits per heavy atom. The second kappa shape index (κ2) is 7.14. The van der Waals surface area contributed by atoms with Crippen LogP contribution >= 0.6 is 0 Å². The quantitative estimate of drug-likeness (QED) is 0.605. The van der Waals surface area contributed by atoms with Crippen LogP contribution in [0.25, 0.3) is 22.3 Å². The Labute approximate surface area is 150 Å². The first-order valence-electron chi connectivity index (χ1n) is 8.37. The zero-order valence-electron chi connectivity index (χ0n) is 14.0. The standard InChI is InChI=1S/C20H17N5O/c26-20(18-16-6-2-1-5-15(16)8-10-22-18)24-12-14-25-13-11-23-19(25)17-7-3-4-9-21-17/h1-11,13H,12,14H2,(H,24,26). The van der Waals surface area contributed by atoms with Crippen LogP contribution < -0.4 is 5.32 Å². The molecule has 0 unspecified atom stereocenters. The Hall–Kier alpha value is -3.54. The molecule has 1 amide bonds. The summed E-state index contributed by atoms with van der Waals surface area (Å²) >= 11 is 0. The molecular formula is C20H17N5O. The molecule has 128 valence electrons. The average molecular weight is 343 g/mol. The fourth-order valence-electron chi connectivity index (χ4n) is 2.89. The second-order valence-corrected chi connectivity index (χ2v) is 5.80. The molecule has 6 heteroatoms. The lowest BCUT2D eigenvalue weighted by Crippen LogP contribution is -2.28. The van der Waals surface area contributed by atoms with Gasteiger partial charge in [-0.15, -0.1) is 0 Å². The first-order chi connectivity index (χ1) is 12.8. The highest BCUT2D eigenvalue weighted by atomic mass is 16.1. The van der Waals surface area contributed by atoms with Gasteiger partial charge in [-0.3, -0.25) is 14.8 Å². The van der Waals surface area contributed by atoms with Crippen LogP contribution in [-0.2, 0) is 6.54 Å². The molecule has 1 N–H and O–H groups in total. The molecule has 4 rings (SSSR count). The highest BCUT2D eigenvalue weighted by molar-refractivity contribution is 6.05. The monoisotopic (exact) mass is 343 g/mol. The van der Waals surface area contributed by atoms with Gasteiger partial charge in [-0.1, -0.05) is 30.3 Å². The summed E-state index contributed by atoms with van der Waals surface area (Å²) in [5.74, 6) is 0.601. The molecule has 0 fully saturated rings. The molecule has 0 bridgehead atoms. The molecule has 0 radical (unpaired) electrons.